The van der Waals surface area contributed by atoms with Gasteiger partial charge in [0.1, 0.15) is 9.88 Å². The molecule has 7 nitrogen and oxygen atoms in total. The molecule has 150 valence electrons. The molecule has 1 aromatic carbocycles. The number of rotatable bonds is 5. The van der Waals surface area contributed by atoms with Gasteiger partial charge in [0.2, 0.25) is 0 Å². The van der Waals surface area contributed by atoms with Crippen molar-refractivity contribution in [1.82, 2.24) is 15.1 Å². The molecule has 1 aliphatic rings. The fourth-order valence-electron chi connectivity index (χ4n) is 3.44. The van der Waals surface area contributed by atoms with Gasteiger partial charge in [-0.05, 0) is 38.0 Å². The van der Waals surface area contributed by atoms with Crippen molar-refractivity contribution < 1.29 is 14.0 Å². The van der Waals surface area contributed by atoms with Crippen molar-refractivity contribution in [2.24, 2.45) is 5.73 Å². The van der Waals surface area contributed by atoms with Gasteiger partial charge in [0, 0.05) is 5.56 Å². The van der Waals surface area contributed by atoms with Gasteiger partial charge >= 0.3 is 0 Å². The molecule has 28 heavy (non-hydrogen) atoms. The van der Waals surface area contributed by atoms with Crippen molar-refractivity contribution in [2.75, 3.05) is 14.2 Å². The first kappa shape index (κ1) is 20.6. The molecule has 0 radical (unpaired) electrons. The second kappa shape index (κ2) is 8.06. The van der Waals surface area contributed by atoms with E-state index in [0.29, 0.717) is 23.2 Å². The molecule has 3 aromatic rings. The highest BCUT2D eigenvalue weighted by atomic mass is 35.5. The monoisotopic (exact) mass is 422 g/mol. The summed E-state index contributed by atoms with van der Waals surface area (Å²) in [6.07, 6.45) is 3.99. The number of nitrogens with zero attached hydrogens (tertiary/aromatic N) is 3. The van der Waals surface area contributed by atoms with Crippen LogP contribution in [-0.4, -0.2) is 29.3 Å². The lowest BCUT2D eigenvalue weighted by Crippen LogP contribution is -2.34. The molecule has 9 heteroatoms. The molecule has 0 atom stereocenters. The fraction of sp³-hybridized carbons (Fsp3) is 0.421. The summed E-state index contributed by atoms with van der Waals surface area (Å²) in [5.74, 6) is 2.41. The summed E-state index contributed by atoms with van der Waals surface area (Å²) in [6.45, 7) is 1.94. The lowest BCUT2D eigenvalue weighted by Gasteiger charge is -2.17. The Bertz CT molecular complexity index is 966. The Labute approximate surface area is 173 Å². The number of methoxy groups -OCH3 is 2. The lowest BCUT2D eigenvalue weighted by atomic mass is 9.99. The third-order valence-electron chi connectivity index (χ3n) is 4.99. The van der Waals surface area contributed by atoms with E-state index in [1.165, 1.54) is 11.3 Å². The zero-order valence-corrected chi connectivity index (χ0v) is 17.7. The SMILES string of the molecule is COc1ccc(-c2nc(C)c(-c3nc(C4(N)CCCC4)no3)s2)cc1OC.Cl. The van der Waals surface area contributed by atoms with Gasteiger partial charge in [-0.2, -0.15) is 4.98 Å². The standard InChI is InChI=1S/C19H22N4O3S.ClH/c1-11-15(16-22-18(23-26-16)19(20)8-4-5-9-19)27-17(21-11)12-6-7-13(24-2)14(10-12)25-3;/h6-7,10H,4-5,8-9,20H2,1-3H3;1H. The number of aryl methyl sites for hydroxylation is 1. The Kier molecular flexibility index (Phi) is 5.92. The van der Waals surface area contributed by atoms with E-state index in [9.17, 15) is 0 Å². The fourth-order valence-corrected chi connectivity index (χ4v) is 4.42. The highest BCUT2D eigenvalue weighted by molar-refractivity contribution is 7.18. The van der Waals surface area contributed by atoms with Gasteiger partial charge in [-0.1, -0.05) is 18.0 Å². The van der Waals surface area contributed by atoms with Crippen LogP contribution >= 0.6 is 23.7 Å². The molecule has 1 aliphatic carbocycles. The van der Waals surface area contributed by atoms with Crippen molar-refractivity contribution in [3.05, 3.63) is 29.7 Å². The number of hydrogen-bond donors (Lipinski definition) is 1. The first-order valence-corrected chi connectivity index (χ1v) is 9.69. The molecule has 0 unspecified atom stereocenters. The topological polar surface area (TPSA) is 96.3 Å². The zero-order chi connectivity index (χ0) is 19.0. The van der Waals surface area contributed by atoms with Crippen LogP contribution in [0.2, 0.25) is 0 Å². The third-order valence-corrected chi connectivity index (χ3v) is 6.18. The summed E-state index contributed by atoms with van der Waals surface area (Å²) in [6, 6.07) is 5.73. The average molecular weight is 423 g/mol. The van der Waals surface area contributed by atoms with Crippen LogP contribution in [0.5, 0.6) is 11.5 Å². The molecular formula is C19H23ClN4O3S. The summed E-state index contributed by atoms with van der Waals surface area (Å²) in [4.78, 5) is 10.1. The predicted octanol–water partition coefficient (Wildman–Crippen LogP) is 4.34. The Balaban J connectivity index is 0.00000225. The minimum atomic E-state index is -0.466. The van der Waals surface area contributed by atoms with Gasteiger partial charge in [-0.3, -0.25) is 0 Å². The highest BCUT2D eigenvalue weighted by Crippen LogP contribution is 2.39. The van der Waals surface area contributed by atoms with Gasteiger partial charge in [0.15, 0.2) is 17.3 Å². The molecule has 4 rings (SSSR count). The molecule has 0 bridgehead atoms. The lowest BCUT2D eigenvalue weighted by molar-refractivity contribution is 0.355. The smallest absolute Gasteiger partial charge is 0.270 e. The Morgan fingerprint density at radius 3 is 2.50 bits per heavy atom. The van der Waals surface area contributed by atoms with Crippen LogP contribution < -0.4 is 15.2 Å². The molecular weight excluding hydrogens is 400 g/mol. The van der Waals surface area contributed by atoms with Gasteiger partial charge in [-0.25, -0.2) is 4.98 Å². The second-order valence-corrected chi connectivity index (χ2v) is 7.79. The zero-order valence-electron chi connectivity index (χ0n) is 16.0. The maximum absolute atomic E-state index is 6.44. The van der Waals surface area contributed by atoms with Crippen molar-refractivity contribution in [1.29, 1.82) is 0 Å². The van der Waals surface area contributed by atoms with Crippen LogP contribution in [0.15, 0.2) is 22.7 Å². The van der Waals surface area contributed by atoms with Crippen LogP contribution in [0.25, 0.3) is 21.3 Å². The molecule has 1 saturated carbocycles. The van der Waals surface area contributed by atoms with E-state index in [-0.39, 0.29) is 12.4 Å². The Hall–Kier alpha value is -2.16. The van der Waals surface area contributed by atoms with E-state index in [2.05, 4.69) is 15.1 Å². The van der Waals surface area contributed by atoms with Crippen LogP contribution in [0.4, 0.5) is 0 Å². The van der Waals surface area contributed by atoms with Crippen LogP contribution in [0.1, 0.15) is 37.2 Å². The van der Waals surface area contributed by atoms with E-state index >= 15 is 0 Å². The molecule has 0 amide bonds. The predicted molar refractivity (Wildman–Crippen MR) is 110 cm³/mol. The van der Waals surface area contributed by atoms with E-state index in [4.69, 9.17) is 19.7 Å². The number of thiazole rings is 1. The first-order chi connectivity index (χ1) is 13.0. The van der Waals surface area contributed by atoms with Gasteiger partial charge in [-0.15, -0.1) is 23.7 Å². The quantitative estimate of drug-likeness (QED) is 0.653. The number of hydrogen-bond acceptors (Lipinski definition) is 8. The summed E-state index contributed by atoms with van der Waals surface area (Å²) in [5, 5.41) is 5.00. The summed E-state index contributed by atoms with van der Waals surface area (Å²) in [7, 11) is 3.23. The number of benzene rings is 1. The van der Waals surface area contributed by atoms with E-state index in [0.717, 1.165) is 46.8 Å². The average Bonchev–Trinajstić information content (AvgIpc) is 3.41. The summed E-state index contributed by atoms with van der Waals surface area (Å²) < 4.78 is 16.2. The molecule has 2 heterocycles. The van der Waals surface area contributed by atoms with Crippen LogP contribution in [-0.2, 0) is 5.54 Å². The van der Waals surface area contributed by atoms with Crippen LogP contribution in [0, 0.1) is 6.92 Å². The maximum Gasteiger partial charge on any atom is 0.270 e. The van der Waals surface area contributed by atoms with E-state index < -0.39 is 5.54 Å². The van der Waals surface area contributed by atoms with Crippen LogP contribution in [0.3, 0.4) is 0 Å². The first-order valence-electron chi connectivity index (χ1n) is 8.87. The van der Waals surface area contributed by atoms with Gasteiger partial charge in [0.05, 0.1) is 25.5 Å². The van der Waals surface area contributed by atoms with Crippen molar-refractivity contribution >= 4 is 23.7 Å². The molecule has 0 saturated heterocycles. The van der Waals surface area contributed by atoms with E-state index in [1.54, 1.807) is 14.2 Å². The number of halogens is 1. The van der Waals surface area contributed by atoms with Crippen molar-refractivity contribution in [3.8, 4) is 32.8 Å². The van der Waals surface area contributed by atoms with Gasteiger partial charge < -0.3 is 19.7 Å². The molecule has 0 spiro atoms. The number of nitrogens with two attached hydrogens (primary N) is 1. The normalized spacial score (nSPS) is 15.3. The molecule has 2 aromatic heterocycles. The summed E-state index contributed by atoms with van der Waals surface area (Å²) in [5.41, 5.74) is 7.76. The van der Waals surface area contributed by atoms with Gasteiger partial charge in [0.25, 0.3) is 5.89 Å². The second-order valence-electron chi connectivity index (χ2n) is 6.79. The number of ether oxygens (including phenoxy) is 2. The Morgan fingerprint density at radius 1 is 1.11 bits per heavy atom. The minimum absolute atomic E-state index is 0. The summed E-state index contributed by atoms with van der Waals surface area (Å²) >= 11 is 1.51. The molecule has 0 aliphatic heterocycles. The maximum atomic E-state index is 6.44. The highest BCUT2D eigenvalue weighted by Gasteiger charge is 2.36. The van der Waals surface area contributed by atoms with E-state index in [1.807, 2.05) is 25.1 Å². The van der Waals surface area contributed by atoms with Crippen molar-refractivity contribution in [2.45, 2.75) is 38.1 Å². The Morgan fingerprint density at radius 2 is 1.82 bits per heavy atom. The minimum Gasteiger partial charge on any atom is -0.493 e. The van der Waals surface area contributed by atoms with Crippen molar-refractivity contribution in [3.63, 3.8) is 0 Å². The third kappa shape index (κ3) is 3.59. The largest absolute Gasteiger partial charge is 0.493 e. The molecule has 1 fully saturated rings. The molecule has 2 N–H and O–H groups in total. The number of aromatic nitrogens is 3.